The lowest BCUT2D eigenvalue weighted by Gasteiger charge is -2.32. The van der Waals surface area contributed by atoms with Gasteiger partial charge in [-0.05, 0) is 30.9 Å². The summed E-state index contributed by atoms with van der Waals surface area (Å²) in [7, 11) is 5.11. The Morgan fingerprint density at radius 2 is 2.27 bits per heavy atom. The van der Waals surface area contributed by atoms with Crippen molar-refractivity contribution in [2.75, 3.05) is 52.4 Å². The maximum atomic E-state index is 12.4. The summed E-state index contributed by atoms with van der Waals surface area (Å²) in [6, 6.07) is 6.24. The summed E-state index contributed by atoms with van der Waals surface area (Å²) >= 11 is 0. The Morgan fingerprint density at radius 1 is 1.42 bits per heavy atom. The van der Waals surface area contributed by atoms with Crippen molar-refractivity contribution in [3.05, 3.63) is 18.2 Å². The van der Waals surface area contributed by atoms with E-state index in [1.54, 1.807) is 19.1 Å². The molecule has 0 bridgehead atoms. The van der Waals surface area contributed by atoms with E-state index in [0.29, 0.717) is 31.5 Å². The molecule has 7 nitrogen and oxygen atoms in total. The van der Waals surface area contributed by atoms with Crippen LogP contribution >= 0.6 is 0 Å². The highest BCUT2D eigenvalue weighted by molar-refractivity contribution is 5.77. The molecule has 0 radical (unpaired) electrons. The first-order valence-corrected chi connectivity index (χ1v) is 9.03. The number of hydrogen-bond acceptors (Lipinski definition) is 6. The molecule has 0 saturated carbocycles. The topological polar surface area (TPSA) is 68.0 Å². The Balaban J connectivity index is 1.64. The zero-order valence-electron chi connectivity index (χ0n) is 15.7. The molecule has 2 aromatic rings. The summed E-state index contributed by atoms with van der Waals surface area (Å²) in [6.45, 7) is 2.87. The van der Waals surface area contributed by atoms with Crippen molar-refractivity contribution in [3.63, 3.8) is 0 Å². The van der Waals surface area contributed by atoms with Gasteiger partial charge in [0, 0.05) is 46.3 Å². The SMILES string of the molecule is COCCN(C)C(=O)CC1CCCN(c2nc3cc(OC)ccc3o2)C1. The number of nitrogens with zero attached hydrogens (tertiary/aromatic N) is 3. The van der Waals surface area contributed by atoms with E-state index in [1.807, 2.05) is 25.2 Å². The van der Waals surface area contributed by atoms with Crippen molar-refractivity contribution in [1.29, 1.82) is 0 Å². The molecule has 2 heterocycles. The molecule has 1 aliphatic heterocycles. The molecule has 0 spiro atoms. The van der Waals surface area contributed by atoms with Crippen LogP contribution in [0, 0.1) is 5.92 Å². The van der Waals surface area contributed by atoms with Crippen molar-refractivity contribution in [2.45, 2.75) is 19.3 Å². The third-order valence-corrected chi connectivity index (χ3v) is 4.89. The van der Waals surface area contributed by atoms with Gasteiger partial charge in [0.1, 0.15) is 11.3 Å². The van der Waals surface area contributed by atoms with Gasteiger partial charge in [-0.25, -0.2) is 0 Å². The molecular weight excluding hydrogens is 334 g/mol. The predicted octanol–water partition coefficient (Wildman–Crippen LogP) is 2.55. The molecule has 0 N–H and O–H groups in total. The van der Waals surface area contributed by atoms with Crippen molar-refractivity contribution < 1.29 is 18.7 Å². The summed E-state index contributed by atoms with van der Waals surface area (Å²) in [5.74, 6) is 1.24. The van der Waals surface area contributed by atoms with E-state index in [1.165, 1.54) is 0 Å². The molecular formula is C19H27N3O4. The number of carbonyl (C=O) groups excluding carboxylic acids is 1. The normalized spacial score (nSPS) is 17.5. The number of carbonyl (C=O) groups is 1. The fourth-order valence-electron chi connectivity index (χ4n) is 3.32. The zero-order valence-corrected chi connectivity index (χ0v) is 15.7. The van der Waals surface area contributed by atoms with Crippen LogP contribution in [-0.2, 0) is 9.53 Å². The number of rotatable bonds is 7. The summed E-state index contributed by atoms with van der Waals surface area (Å²) in [4.78, 5) is 20.9. The second-order valence-corrected chi connectivity index (χ2v) is 6.80. The highest BCUT2D eigenvalue weighted by atomic mass is 16.5. The Bertz CT molecular complexity index is 745. The van der Waals surface area contributed by atoms with Crippen LogP contribution in [0.25, 0.3) is 11.1 Å². The number of ether oxygens (including phenoxy) is 2. The number of fused-ring (bicyclic) bond motifs is 1. The zero-order chi connectivity index (χ0) is 18.5. The highest BCUT2D eigenvalue weighted by Gasteiger charge is 2.26. The second kappa shape index (κ2) is 8.40. The number of anilines is 1. The van der Waals surface area contributed by atoms with Gasteiger partial charge < -0.3 is 23.7 Å². The Hall–Kier alpha value is -2.28. The molecule has 1 saturated heterocycles. The number of benzene rings is 1. The number of piperidine rings is 1. The molecule has 1 aliphatic rings. The van der Waals surface area contributed by atoms with Crippen LogP contribution in [0.2, 0.25) is 0 Å². The number of oxazole rings is 1. The van der Waals surface area contributed by atoms with Gasteiger partial charge in [0.05, 0.1) is 13.7 Å². The van der Waals surface area contributed by atoms with Crippen LogP contribution in [0.1, 0.15) is 19.3 Å². The predicted molar refractivity (Wildman–Crippen MR) is 99.6 cm³/mol. The summed E-state index contributed by atoms with van der Waals surface area (Å²) < 4.78 is 16.2. The molecule has 1 aromatic carbocycles. The van der Waals surface area contributed by atoms with E-state index >= 15 is 0 Å². The van der Waals surface area contributed by atoms with E-state index in [-0.39, 0.29) is 5.91 Å². The van der Waals surface area contributed by atoms with E-state index in [2.05, 4.69) is 9.88 Å². The standard InChI is InChI=1S/C19H27N3O4/c1-21(9-10-24-2)18(23)11-14-5-4-8-22(13-14)19-20-16-12-15(25-3)6-7-17(16)26-19/h6-7,12,14H,4-5,8-11,13H2,1-3H3. The number of likely N-dealkylation sites (N-methyl/N-ethyl adjacent to an activating group) is 1. The number of amides is 1. The van der Waals surface area contributed by atoms with Gasteiger partial charge in [-0.15, -0.1) is 0 Å². The smallest absolute Gasteiger partial charge is 0.298 e. The lowest BCUT2D eigenvalue weighted by atomic mass is 9.94. The van der Waals surface area contributed by atoms with Gasteiger partial charge in [0.25, 0.3) is 6.01 Å². The molecule has 1 unspecified atom stereocenters. The summed E-state index contributed by atoms with van der Waals surface area (Å²) in [5.41, 5.74) is 1.54. The minimum absolute atomic E-state index is 0.163. The van der Waals surface area contributed by atoms with Crippen LogP contribution in [0.3, 0.4) is 0 Å². The van der Waals surface area contributed by atoms with Gasteiger partial charge in [-0.1, -0.05) is 0 Å². The van der Waals surface area contributed by atoms with Gasteiger partial charge in [-0.2, -0.15) is 4.98 Å². The van der Waals surface area contributed by atoms with Gasteiger partial charge in [0.15, 0.2) is 5.58 Å². The average Bonchev–Trinajstić information content (AvgIpc) is 3.09. The Kier molecular flexibility index (Phi) is 5.98. The van der Waals surface area contributed by atoms with Crippen molar-refractivity contribution >= 4 is 23.0 Å². The molecule has 26 heavy (non-hydrogen) atoms. The molecule has 0 aliphatic carbocycles. The first kappa shape index (κ1) is 18.5. The van der Waals surface area contributed by atoms with Gasteiger partial charge in [-0.3, -0.25) is 4.79 Å². The fourth-order valence-corrected chi connectivity index (χ4v) is 3.32. The summed E-state index contributed by atoms with van der Waals surface area (Å²) in [5, 5.41) is 0. The van der Waals surface area contributed by atoms with Crippen molar-refractivity contribution in [3.8, 4) is 5.75 Å². The minimum atomic E-state index is 0.163. The monoisotopic (exact) mass is 361 g/mol. The number of methoxy groups -OCH3 is 2. The quantitative estimate of drug-likeness (QED) is 0.755. The maximum Gasteiger partial charge on any atom is 0.298 e. The number of hydrogen-bond donors (Lipinski definition) is 0. The van der Waals surface area contributed by atoms with Crippen molar-refractivity contribution in [1.82, 2.24) is 9.88 Å². The molecule has 7 heteroatoms. The second-order valence-electron chi connectivity index (χ2n) is 6.80. The van der Waals surface area contributed by atoms with Crippen LogP contribution < -0.4 is 9.64 Å². The fraction of sp³-hybridized carbons (Fsp3) is 0.579. The third-order valence-electron chi connectivity index (χ3n) is 4.89. The molecule has 1 aromatic heterocycles. The van der Waals surface area contributed by atoms with Crippen LogP contribution in [0.5, 0.6) is 5.75 Å². The van der Waals surface area contributed by atoms with Crippen LogP contribution in [-0.4, -0.2) is 63.3 Å². The number of aromatic nitrogens is 1. The van der Waals surface area contributed by atoms with Gasteiger partial charge in [0.2, 0.25) is 5.91 Å². The molecule has 1 atom stereocenters. The van der Waals surface area contributed by atoms with E-state index < -0.39 is 0 Å². The molecule has 3 rings (SSSR count). The first-order chi connectivity index (χ1) is 12.6. The summed E-state index contributed by atoms with van der Waals surface area (Å²) in [6.07, 6.45) is 2.63. The molecule has 142 valence electrons. The van der Waals surface area contributed by atoms with Crippen molar-refractivity contribution in [2.24, 2.45) is 5.92 Å². The minimum Gasteiger partial charge on any atom is -0.497 e. The van der Waals surface area contributed by atoms with Crippen LogP contribution in [0.15, 0.2) is 22.6 Å². The maximum absolute atomic E-state index is 12.4. The highest BCUT2D eigenvalue weighted by Crippen LogP contribution is 2.29. The van der Waals surface area contributed by atoms with E-state index in [0.717, 1.165) is 42.8 Å². The average molecular weight is 361 g/mol. The van der Waals surface area contributed by atoms with Crippen LogP contribution in [0.4, 0.5) is 6.01 Å². The lowest BCUT2D eigenvalue weighted by molar-refractivity contribution is -0.131. The van der Waals surface area contributed by atoms with E-state index in [9.17, 15) is 4.79 Å². The molecule has 1 amide bonds. The largest absolute Gasteiger partial charge is 0.497 e. The van der Waals surface area contributed by atoms with E-state index in [4.69, 9.17) is 13.9 Å². The third kappa shape index (κ3) is 4.27. The lowest BCUT2D eigenvalue weighted by Crippen LogP contribution is -2.39. The Labute approximate surface area is 153 Å². The Morgan fingerprint density at radius 3 is 3.04 bits per heavy atom. The molecule has 1 fully saturated rings. The first-order valence-electron chi connectivity index (χ1n) is 9.03. The van der Waals surface area contributed by atoms with Gasteiger partial charge >= 0.3 is 0 Å².